The summed E-state index contributed by atoms with van der Waals surface area (Å²) >= 11 is 0. The van der Waals surface area contributed by atoms with Crippen molar-refractivity contribution in [2.45, 2.75) is 50.8 Å². The van der Waals surface area contributed by atoms with Gasteiger partial charge in [-0.25, -0.2) is 0 Å². The Kier molecular flexibility index (Phi) is 2.19. The summed E-state index contributed by atoms with van der Waals surface area (Å²) in [4.78, 5) is 0. The summed E-state index contributed by atoms with van der Waals surface area (Å²) in [6.07, 6.45) is 0.581. The Morgan fingerprint density at radius 1 is 1.12 bits per heavy atom. The Morgan fingerprint density at radius 3 is 2.19 bits per heavy atom. The van der Waals surface area contributed by atoms with Crippen molar-refractivity contribution < 1.29 is 18.9 Å². The van der Waals surface area contributed by atoms with Crippen LogP contribution in [0.1, 0.15) is 20.8 Å². The molecule has 0 amide bonds. The summed E-state index contributed by atoms with van der Waals surface area (Å²) in [6, 6.07) is 0. The molecule has 0 aromatic carbocycles. The Labute approximate surface area is 96.2 Å². The van der Waals surface area contributed by atoms with E-state index >= 15 is 0 Å². The van der Waals surface area contributed by atoms with Gasteiger partial charge in [-0.05, 0) is 13.8 Å². The molecule has 0 N–H and O–H groups in total. The Morgan fingerprint density at radius 2 is 1.75 bits per heavy atom. The van der Waals surface area contributed by atoms with Crippen LogP contribution in [0.4, 0.5) is 0 Å². The molecule has 4 heteroatoms. The van der Waals surface area contributed by atoms with Crippen LogP contribution in [0.2, 0.25) is 0 Å². The fourth-order valence-corrected chi connectivity index (χ4v) is 3.07. The van der Waals surface area contributed by atoms with E-state index in [0.717, 1.165) is 13.2 Å². The van der Waals surface area contributed by atoms with Crippen molar-refractivity contribution in [2.75, 3.05) is 20.3 Å². The van der Waals surface area contributed by atoms with E-state index in [1.807, 2.05) is 0 Å². The molecule has 5 atom stereocenters. The van der Waals surface area contributed by atoms with E-state index in [2.05, 4.69) is 20.8 Å². The summed E-state index contributed by atoms with van der Waals surface area (Å²) in [6.45, 7) is 8.08. The van der Waals surface area contributed by atoms with Crippen LogP contribution in [0.5, 0.6) is 0 Å². The van der Waals surface area contributed by atoms with Crippen LogP contribution >= 0.6 is 0 Å². The molecule has 3 fully saturated rings. The highest BCUT2D eigenvalue weighted by atomic mass is 16.6. The molecule has 0 spiro atoms. The van der Waals surface area contributed by atoms with Crippen LogP contribution in [0.15, 0.2) is 0 Å². The largest absolute Gasteiger partial charge is 0.378 e. The first kappa shape index (κ1) is 11.0. The topological polar surface area (TPSA) is 43.5 Å². The van der Waals surface area contributed by atoms with Crippen molar-refractivity contribution in [1.82, 2.24) is 0 Å². The second-order valence-electron chi connectivity index (χ2n) is 5.73. The number of hydrogen-bond donors (Lipinski definition) is 0. The first-order chi connectivity index (χ1) is 7.50. The average molecular weight is 228 g/mol. The predicted molar refractivity (Wildman–Crippen MR) is 57.3 cm³/mol. The number of epoxide rings is 2. The SMILES string of the molecule is CO[C@@H]1[C@H]([C@@H]2CO2)OC(C)(C)C1(C)[C@@H]1CO1. The van der Waals surface area contributed by atoms with Crippen molar-refractivity contribution in [3.63, 3.8) is 0 Å². The molecular formula is C12H20O4. The van der Waals surface area contributed by atoms with Gasteiger partial charge >= 0.3 is 0 Å². The van der Waals surface area contributed by atoms with Gasteiger partial charge in [0.2, 0.25) is 0 Å². The molecular weight excluding hydrogens is 208 g/mol. The van der Waals surface area contributed by atoms with Crippen molar-refractivity contribution in [3.05, 3.63) is 0 Å². The molecule has 3 aliphatic rings. The first-order valence-electron chi connectivity index (χ1n) is 5.94. The van der Waals surface area contributed by atoms with E-state index in [0.29, 0.717) is 0 Å². The maximum Gasteiger partial charge on any atom is 0.113 e. The lowest BCUT2D eigenvalue weighted by molar-refractivity contribution is -0.0687. The zero-order chi connectivity index (χ0) is 11.6. The predicted octanol–water partition coefficient (Wildman–Crippen LogP) is 0.983. The van der Waals surface area contributed by atoms with Gasteiger partial charge in [0.05, 0.1) is 36.4 Å². The summed E-state index contributed by atoms with van der Waals surface area (Å²) in [5.74, 6) is 0. The highest BCUT2D eigenvalue weighted by Gasteiger charge is 2.68. The second kappa shape index (κ2) is 3.19. The Hall–Kier alpha value is -0.160. The Bertz CT molecular complexity index is 295. The maximum absolute atomic E-state index is 6.16. The molecule has 0 aromatic rings. The van der Waals surface area contributed by atoms with E-state index < -0.39 is 0 Å². The molecule has 16 heavy (non-hydrogen) atoms. The fourth-order valence-electron chi connectivity index (χ4n) is 3.07. The summed E-state index contributed by atoms with van der Waals surface area (Å²) < 4.78 is 22.7. The molecule has 3 saturated heterocycles. The van der Waals surface area contributed by atoms with Gasteiger partial charge in [0.25, 0.3) is 0 Å². The molecule has 3 aliphatic heterocycles. The van der Waals surface area contributed by atoms with E-state index in [1.54, 1.807) is 7.11 Å². The number of rotatable bonds is 3. The monoisotopic (exact) mass is 228 g/mol. The summed E-state index contributed by atoms with van der Waals surface area (Å²) in [7, 11) is 1.76. The minimum Gasteiger partial charge on any atom is -0.378 e. The summed E-state index contributed by atoms with van der Waals surface area (Å²) in [5.41, 5.74) is -0.316. The van der Waals surface area contributed by atoms with E-state index in [4.69, 9.17) is 18.9 Å². The number of methoxy groups -OCH3 is 1. The minimum atomic E-state index is -0.231. The molecule has 0 saturated carbocycles. The van der Waals surface area contributed by atoms with Crippen molar-refractivity contribution in [2.24, 2.45) is 5.41 Å². The lowest BCUT2D eigenvalue weighted by Crippen LogP contribution is -2.49. The lowest BCUT2D eigenvalue weighted by atomic mass is 9.69. The van der Waals surface area contributed by atoms with E-state index in [-0.39, 0.29) is 35.4 Å². The zero-order valence-electron chi connectivity index (χ0n) is 10.4. The summed E-state index contributed by atoms with van der Waals surface area (Å²) in [5, 5.41) is 0. The molecule has 0 aromatic heterocycles. The maximum atomic E-state index is 6.16. The van der Waals surface area contributed by atoms with Crippen LogP contribution in [0.3, 0.4) is 0 Å². The normalized spacial score (nSPS) is 54.0. The van der Waals surface area contributed by atoms with Crippen molar-refractivity contribution in [1.29, 1.82) is 0 Å². The van der Waals surface area contributed by atoms with Gasteiger partial charge in [-0.2, -0.15) is 0 Å². The van der Waals surface area contributed by atoms with Gasteiger partial charge in [0.15, 0.2) is 0 Å². The minimum absolute atomic E-state index is 0.0502. The number of hydrogen-bond acceptors (Lipinski definition) is 4. The standard InChI is InChI=1S/C12H20O4/c1-11(2)12(3,8-6-15-8)10(13-4)9(16-11)7-5-14-7/h7-10H,5-6H2,1-4H3/t7-,8-,9-,10+,12?/m0/s1. The van der Waals surface area contributed by atoms with Gasteiger partial charge < -0.3 is 18.9 Å². The smallest absolute Gasteiger partial charge is 0.113 e. The van der Waals surface area contributed by atoms with Crippen LogP contribution in [0.25, 0.3) is 0 Å². The van der Waals surface area contributed by atoms with Gasteiger partial charge in [-0.3, -0.25) is 0 Å². The van der Waals surface area contributed by atoms with Gasteiger partial charge in [0, 0.05) is 7.11 Å². The third-order valence-corrected chi connectivity index (χ3v) is 4.60. The van der Waals surface area contributed by atoms with Crippen LogP contribution in [-0.2, 0) is 18.9 Å². The molecule has 3 rings (SSSR count). The van der Waals surface area contributed by atoms with Gasteiger partial charge in [-0.1, -0.05) is 6.92 Å². The molecule has 4 nitrogen and oxygen atoms in total. The molecule has 92 valence electrons. The highest BCUT2D eigenvalue weighted by Crippen LogP contribution is 2.55. The van der Waals surface area contributed by atoms with Crippen molar-refractivity contribution >= 4 is 0 Å². The third kappa shape index (κ3) is 1.30. The molecule has 3 heterocycles. The quantitative estimate of drug-likeness (QED) is 0.675. The average Bonchev–Trinajstić information content (AvgIpc) is 3.08. The second-order valence-corrected chi connectivity index (χ2v) is 5.73. The van der Waals surface area contributed by atoms with E-state index in [1.165, 1.54) is 0 Å². The zero-order valence-corrected chi connectivity index (χ0v) is 10.4. The van der Waals surface area contributed by atoms with Gasteiger partial charge in [0.1, 0.15) is 12.2 Å². The third-order valence-electron chi connectivity index (χ3n) is 4.60. The van der Waals surface area contributed by atoms with Crippen LogP contribution < -0.4 is 0 Å². The number of ether oxygens (including phenoxy) is 4. The van der Waals surface area contributed by atoms with Crippen LogP contribution in [0, 0.1) is 5.41 Å². The van der Waals surface area contributed by atoms with Crippen molar-refractivity contribution in [3.8, 4) is 0 Å². The molecule has 0 radical (unpaired) electrons. The molecule has 0 aliphatic carbocycles. The lowest BCUT2D eigenvalue weighted by Gasteiger charge is -2.38. The fraction of sp³-hybridized carbons (Fsp3) is 1.00. The first-order valence-corrected chi connectivity index (χ1v) is 5.94. The molecule has 0 bridgehead atoms. The molecule has 1 unspecified atom stereocenters. The van der Waals surface area contributed by atoms with Gasteiger partial charge in [-0.15, -0.1) is 0 Å². The highest BCUT2D eigenvalue weighted by molar-refractivity contribution is 5.15. The van der Waals surface area contributed by atoms with Crippen LogP contribution in [-0.4, -0.2) is 50.3 Å². The van der Waals surface area contributed by atoms with E-state index in [9.17, 15) is 0 Å². The Balaban J connectivity index is 1.93.